The van der Waals surface area contributed by atoms with Gasteiger partial charge in [-0.1, -0.05) is 0 Å². The Balaban J connectivity index is 1.51. The van der Waals surface area contributed by atoms with E-state index in [0.29, 0.717) is 25.5 Å². The van der Waals surface area contributed by atoms with Gasteiger partial charge < -0.3 is 19.2 Å². The van der Waals surface area contributed by atoms with Gasteiger partial charge in [-0.25, -0.2) is 4.39 Å². The van der Waals surface area contributed by atoms with Crippen LogP contribution in [0.4, 0.5) is 4.39 Å². The van der Waals surface area contributed by atoms with Gasteiger partial charge in [-0.2, -0.15) is 0 Å². The number of morpholine rings is 1. The second kappa shape index (κ2) is 8.64. The zero-order valence-corrected chi connectivity index (χ0v) is 13.8. The van der Waals surface area contributed by atoms with Crippen LogP contribution >= 0.6 is 0 Å². The summed E-state index contributed by atoms with van der Waals surface area (Å²) in [6, 6.07) is 9.25. The second-order valence-corrected chi connectivity index (χ2v) is 5.73. The average Bonchev–Trinajstić information content (AvgIpc) is 3.17. The fourth-order valence-electron chi connectivity index (χ4n) is 2.72. The predicted octanol–water partition coefficient (Wildman–Crippen LogP) is 1.99. The van der Waals surface area contributed by atoms with E-state index in [2.05, 4.69) is 10.2 Å². The molecule has 0 aliphatic carbocycles. The molecule has 1 aromatic carbocycles. The molecule has 1 fully saturated rings. The molecule has 1 aliphatic heterocycles. The summed E-state index contributed by atoms with van der Waals surface area (Å²) in [6.07, 6.45) is 1.63. The van der Waals surface area contributed by atoms with Gasteiger partial charge in [-0.05, 0) is 36.4 Å². The smallest absolute Gasteiger partial charge is 0.258 e. The van der Waals surface area contributed by atoms with Crippen molar-refractivity contribution < 1.29 is 23.1 Å². The van der Waals surface area contributed by atoms with Crippen LogP contribution in [-0.2, 0) is 9.53 Å². The first-order valence-corrected chi connectivity index (χ1v) is 8.22. The van der Waals surface area contributed by atoms with Gasteiger partial charge in [0.15, 0.2) is 6.61 Å². The molecule has 1 amide bonds. The number of benzene rings is 1. The molecule has 7 heteroatoms. The fourth-order valence-corrected chi connectivity index (χ4v) is 2.72. The topological polar surface area (TPSA) is 63.9 Å². The molecule has 1 aliphatic rings. The molecule has 1 aromatic heterocycles. The Morgan fingerprint density at radius 3 is 2.68 bits per heavy atom. The van der Waals surface area contributed by atoms with Crippen LogP contribution in [0.1, 0.15) is 11.8 Å². The third-order valence-electron chi connectivity index (χ3n) is 4.03. The van der Waals surface area contributed by atoms with E-state index < -0.39 is 0 Å². The van der Waals surface area contributed by atoms with Crippen LogP contribution in [0.2, 0.25) is 0 Å². The minimum Gasteiger partial charge on any atom is -0.484 e. The van der Waals surface area contributed by atoms with Crippen molar-refractivity contribution in [2.75, 3.05) is 39.5 Å². The number of amides is 1. The summed E-state index contributed by atoms with van der Waals surface area (Å²) in [4.78, 5) is 14.3. The molecular formula is C18H21FN2O4. The maximum atomic E-state index is 12.8. The lowest BCUT2D eigenvalue weighted by Gasteiger charge is -2.33. The largest absolute Gasteiger partial charge is 0.484 e. The van der Waals surface area contributed by atoms with E-state index in [9.17, 15) is 9.18 Å². The molecule has 2 heterocycles. The van der Waals surface area contributed by atoms with Crippen molar-refractivity contribution in [2.45, 2.75) is 6.04 Å². The molecule has 0 spiro atoms. The minimum absolute atomic E-state index is 0.0475. The molecule has 0 saturated carbocycles. The Kier molecular flexibility index (Phi) is 6.03. The lowest BCUT2D eigenvalue weighted by molar-refractivity contribution is -0.123. The molecule has 0 bridgehead atoms. The Bertz CT molecular complexity index is 654. The van der Waals surface area contributed by atoms with Crippen LogP contribution in [0.25, 0.3) is 0 Å². The van der Waals surface area contributed by atoms with E-state index in [1.54, 1.807) is 6.26 Å². The third-order valence-corrected chi connectivity index (χ3v) is 4.03. The third kappa shape index (κ3) is 5.04. The minimum atomic E-state index is -0.344. The number of ether oxygens (including phenoxy) is 2. The van der Waals surface area contributed by atoms with Gasteiger partial charge in [0.25, 0.3) is 5.91 Å². The number of furan rings is 1. The number of carbonyl (C=O) groups excluding carboxylic acids is 1. The summed E-state index contributed by atoms with van der Waals surface area (Å²) in [7, 11) is 0. The van der Waals surface area contributed by atoms with Crippen molar-refractivity contribution in [2.24, 2.45) is 0 Å². The molecule has 0 radical (unpaired) electrons. The Hall–Kier alpha value is -2.38. The fraction of sp³-hybridized carbons (Fsp3) is 0.389. The van der Waals surface area contributed by atoms with Crippen LogP contribution in [-0.4, -0.2) is 50.3 Å². The van der Waals surface area contributed by atoms with Crippen molar-refractivity contribution in [3.63, 3.8) is 0 Å². The second-order valence-electron chi connectivity index (χ2n) is 5.73. The molecule has 6 nitrogen and oxygen atoms in total. The number of hydrogen-bond acceptors (Lipinski definition) is 5. The molecule has 1 atom stereocenters. The molecule has 25 heavy (non-hydrogen) atoms. The number of rotatable bonds is 7. The van der Waals surface area contributed by atoms with Gasteiger partial charge >= 0.3 is 0 Å². The first-order chi connectivity index (χ1) is 12.2. The van der Waals surface area contributed by atoms with E-state index in [1.807, 2.05) is 12.1 Å². The van der Waals surface area contributed by atoms with Gasteiger partial charge in [0.2, 0.25) is 0 Å². The maximum Gasteiger partial charge on any atom is 0.258 e. The summed E-state index contributed by atoms with van der Waals surface area (Å²) in [5, 5.41) is 2.87. The summed E-state index contributed by atoms with van der Waals surface area (Å²) >= 11 is 0. The van der Waals surface area contributed by atoms with E-state index in [1.165, 1.54) is 24.3 Å². The summed E-state index contributed by atoms with van der Waals surface area (Å²) in [5.74, 6) is 0.673. The number of halogens is 1. The Morgan fingerprint density at radius 2 is 2.00 bits per heavy atom. The quantitative estimate of drug-likeness (QED) is 0.829. The first-order valence-electron chi connectivity index (χ1n) is 8.22. The van der Waals surface area contributed by atoms with Gasteiger partial charge in [-0.15, -0.1) is 0 Å². The van der Waals surface area contributed by atoms with Crippen molar-refractivity contribution in [1.29, 1.82) is 0 Å². The molecule has 134 valence electrons. The van der Waals surface area contributed by atoms with E-state index in [0.717, 1.165) is 18.8 Å². The van der Waals surface area contributed by atoms with E-state index in [-0.39, 0.29) is 24.4 Å². The number of nitrogens with one attached hydrogen (secondary N) is 1. The van der Waals surface area contributed by atoms with Gasteiger partial charge in [0, 0.05) is 19.6 Å². The molecule has 0 unspecified atom stereocenters. The van der Waals surface area contributed by atoms with Crippen molar-refractivity contribution in [3.05, 3.63) is 54.2 Å². The van der Waals surface area contributed by atoms with Gasteiger partial charge in [0.05, 0.1) is 25.5 Å². The normalized spacial score (nSPS) is 16.4. The van der Waals surface area contributed by atoms with Gasteiger partial charge in [0.1, 0.15) is 17.3 Å². The van der Waals surface area contributed by atoms with Gasteiger partial charge in [-0.3, -0.25) is 9.69 Å². The Morgan fingerprint density at radius 1 is 1.24 bits per heavy atom. The number of nitrogens with zero attached hydrogens (tertiary/aromatic N) is 1. The standard InChI is InChI=1S/C18H21FN2O4/c19-14-3-5-15(6-4-14)25-13-18(22)20-12-16(17-2-1-9-24-17)21-7-10-23-11-8-21/h1-6,9,16H,7-8,10-13H2,(H,20,22)/t16-/m1/s1. The highest BCUT2D eigenvalue weighted by molar-refractivity contribution is 5.77. The molecule has 1 N–H and O–H groups in total. The van der Waals surface area contributed by atoms with Crippen LogP contribution in [0, 0.1) is 5.82 Å². The lowest BCUT2D eigenvalue weighted by atomic mass is 10.1. The summed E-state index contributed by atoms with van der Waals surface area (Å²) in [5.41, 5.74) is 0. The Labute approximate surface area is 145 Å². The molecular weight excluding hydrogens is 327 g/mol. The van der Waals surface area contributed by atoms with Crippen LogP contribution in [0.15, 0.2) is 47.1 Å². The van der Waals surface area contributed by atoms with E-state index >= 15 is 0 Å². The van der Waals surface area contributed by atoms with E-state index in [4.69, 9.17) is 13.9 Å². The molecule has 3 rings (SSSR count). The van der Waals surface area contributed by atoms with Crippen LogP contribution in [0.5, 0.6) is 5.75 Å². The predicted molar refractivity (Wildman–Crippen MR) is 88.7 cm³/mol. The number of carbonyl (C=O) groups is 1. The SMILES string of the molecule is O=C(COc1ccc(F)cc1)NC[C@H](c1ccco1)N1CCOCC1. The number of hydrogen-bond donors (Lipinski definition) is 1. The zero-order valence-electron chi connectivity index (χ0n) is 13.8. The van der Waals surface area contributed by atoms with Crippen molar-refractivity contribution >= 4 is 5.91 Å². The monoisotopic (exact) mass is 348 g/mol. The molecule has 2 aromatic rings. The summed E-state index contributed by atoms with van der Waals surface area (Å²) < 4.78 is 29.1. The highest BCUT2D eigenvalue weighted by atomic mass is 19.1. The average molecular weight is 348 g/mol. The highest BCUT2D eigenvalue weighted by Gasteiger charge is 2.25. The van der Waals surface area contributed by atoms with Crippen LogP contribution in [0.3, 0.4) is 0 Å². The summed E-state index contributed by atoms with van der Waals surface area (Å²) in [6.45, 7) is 3.19. The van der Waals surface area contributed by atoms with Crippen molar-refractivity contribution in [3.8, 4) is 5.75 Å². The first kappa shape index (κ1) is 17.4. The lowest BCUT2D eigenvalue weighted by Crippen LogP contribution is -2.44. The maximum absolute atomic E-state index is 12.8. The zero-order chi connectivity index (χ0) is 17.5. The highest BCUT2D eigenvalue weighted by Crippen LogP contribution is 2.21. The van der Waals surface area contributed by atoms with Crippen LogP contribution < -0.4 is 10.1 Å². The molecule has 1 saturated heterocycles. The van der Waals surface area contributed by atoms with Crippen molar-refractivity contribution in [1.82, 2.24) is 10.2 Å².